The lowest BCUT2D eigenvalue weighted by Crippen LogP contribution is -2.32. The normalized spacial score (nSPS) is 21.1. The van der Waals surface area contributed by atoms with E-state index in [0.29, 0.717) is 5.92 Å². The Hall–Kier alpha value is -2.40. The van der Waals surface area contributed by atoms with Gasteiger partial charge in [-0.25, -0.2) is 0 Å². The number of fused-ring (bicyclic) bond motifs is 2. The molecule has 1 saturated heterocycles. The zero-order chi connectivity index (χ0) is 17.5. The quantitative estimate of drug-likeness (QED) is 0.713. The lowest BCUT2D eigenvalue weighted by molar-refractivity contribution is 0.295. The van der Waals surface area contributed by atoms with Crippen LogP contribution in [0.1, 0.15) is 41.9 Å². The lowest BCUT2D eigenvalue weighted by Gasteiger charge is -2.35. The van der Waals surface area contributed by atoms with Gasteiger partial charge < -0.3 is 9.80 Å². The first kappa shape index (κ1) is 15.8. The summed E-state index contributed by atoms with van der Waals surface area (Å²) in [6, 6.07) is 11.5. The molecular formula is C21H25N5. The molecule has 134 valence electrons. The molecule has 2 aromatic heterocycles. The van der Waals surface area contributed by atoms with Gasteiger partial charge in [-0.3, -0.25) is 4.40 Å². The van der Waals surface area contributed by atoms with E-state index < -0.39 is 0 Å². The summed E-state index contributed by atoms with van der Waals surface area (Å²) in [5.74, 6) is 0.390. The van der Waals surface area contributed by atoms with Gasteiger partial charge in [0.2, 0.25) is 0 Å². The van der Waals surface area contributed by atoms with Crippen LogP contribution >= 0.6 is 0 Å². The molecule has 26 heavy (non-hydrogen) atoms. The maximum atomic E-state index is 4.22. The highest BCUT2D eigenvalue weighted by atomic mass is 15.2. The number of piperidine rings is 1. The van der Waals surface area contributed by atoms with Crippen molar-refractivity contribution in [2.45, 2.75) is 31.7 Å². The Kier molecular flexibility index (Phi) is 3.89. The summed E-state index contributed by atoms with van der Waals surface area (Å²) in [7, 11) is 2.22. The van der Waals surface area contributed by atoms with Gasteiger partial charge in [-0.15, -0.1) is 10.2 Å². The van der Waals surface area contributed by atoms with Gasteiger partial charge >= 0.3 is 0 Å². The second kappa shape index (κ2) is 6.40. The fourth-order valence-corrected chi connectivity index (χ4v) is 4.52. The van der Waals surface area contributed by atoms with Crippen molar-refractivity contribution in [3.05, 3.63) is 59.5 Å². The van der Waals surface area contributed by atoms with Gasteiger partial charge in [0, 0.05) is 44.0 Å². The SMILES string of the molecule is CN1Cc2cc(N3CCCCC3)ccc2C(c2ccn3cnnc3c2)C1. The van der Waals surface area contributed by atoms with Gasteiger partial charge in [-0.05, 0) is 67.3 Å². The van der Waals surface area contributed by atoms with E-state index in [9.17, 15) is 0 Å². The molecule has 3 aromatic rings. The van der Waals surface area contributed by atoms with Gasteiger partial charge in [0.05, 0.1) is 0 Å². The number of benzene rings is 1. The van der Waals surface area contributed by atoms with Crippen LogP contribution in [0.2, 0.25) is 0 Å². The van der Waals surface area contributed by atoms with E-state index >= 15 is 0 Å². The second-order valence-corrected chi connectivity index (χ2v) is 7.74. The molecule has 0 amide bonds. The molecule has 1 unspecified atom stereocenters. The van der Waals surface area contributed by atoms with E-state index in [4.69, 9.17) is 0 Å². The van der Waals surface area contributed by atoms with E-state index in [1.165, 1.54) is 54.7 Å². The molecule has 5 heteroatoms. The molecule has 0 bridgehead atoms. The van der Waals surface area contributed by atoms with Crippen molar-refractivity contribution >= 4 is 11.3 Å². The number of nitrogens with zero attached hydrogens (tertiary/aromatic N) is 5. The predicted molar refractivity (Wildman–Crippen MR) is 104 cm³/mol. The van der Waals surface area contributed by atoms with Crippen LogP contribution in [0.5, 0.6) is 0 Å². The average Bonchev–Trinajstić information content (AvgIpc) is 3.15. The van der Waals surface area contributed by atoms with Crippen LogP contribution < -0.4 is 4.90 Å². The van der Waals surface area contributed by atoms with Gasteiger partial charge in [0.25, 0.3) is 0 Å². The van der Waals surface area contributed by atoms with Crippen molar-refractivity contribution in [3.8, 4) is 0 Å². The van der Waals surface area contributed by atoms with Gasteiger partial charge in [0.1, 0.15) is 6.33 Å². The summed E-state index contributed by atoms with van der Waals surface area (Å²) in [6.07, 6.45) is 7.83. The van der Waals surface area contributed by atoms with E-state index in [1.54, 1.807) is 6.33 Å². The first-order valence-electron chi connectivity index (χ1n) is 9.63. The van der Waals surface area contributed by atoms with Crippen LogP contribution in [0.3, 0.4) is 0 Å². The zero-order valence-electron chi connectivity index (χ0n) is 15.3. The number of hydrogen-bond acceptors (Lipinski definition) is 4. The molecule has 0 aliphatic carbocycles. The van der Waals surface area contributed by atoms with Gasteiger partial charge in [-0.2, -0.15) is 0 Å². The predicted octanol–water partition coefficient (Wildman–Crippen LogP) is 3.30. The number of pyridine rings is 1. The molecule has 0 N–H and O–H groups in total. The van der Waals surface area contributed by atoms with Crippen molar-refractivity contribution in [2.24, 2.45) is 0 Å². The van der Waals surface area contributed by atoms with Crippen LogP contribution in [0.25, 0.3) is 5.65 Å². The Bertz CT molecular complexity index is 925. The smallest absolute Gasteiger partial charge is 0.160 e. The average molecular weight is 347 g/mol. The highest BCUT2D eigenvalue weighted by Crippen LogP contribution is 2.35. The molecule has 4 heterocycles. The first-order chi connectivity index (χ1) is 12.8. The highest BCUT2D eigenvalue weighted by Gasteiger charge is 2.26. The Morgan fingerprint density at radius 2 is 1.92 bits per heavy atom. The summed E-state index contributed by atoms with van der Waals surface area (Å²) in [5, 5.41) is 8.22. The first-order valence-corrected chi connectivity index (χ1v) is 9.63. The Morgan fingerprint density at radius 1 is 1.04 bits per heavy atom. The van der Waals surface area contributed by atoms with E-state index in [1.807, 2.05) is 4.40 Å². The standard InChI is InChI=1S/C21H25N5/c1-24-13-17-11-18(25-8-3-2-4-9-25)5-6-19(17)20(14-24)16-7-10-26-15-22-23-21(26)12-16/h5-7,10-12,15,20H,2-4,8-9,13-14H2,1H3. The van der Waals surface area contributed by atoms with Crippen molar-refractivity contribution < 1.29 is 0 Å². The number of likely N-dealkylation sites (N-methyl/N-ethyl adjacent to an activating group) is 1. The molecule has 1 aromatic carbocycles. The Labute approximate surface area is 154 Å². The molecule has 5 rings (SSSR count). The molecular weight excluding hydrogens is 322 g/mol. The molecule has 1 atom stereocenters. The van der Waals surface area contributed by atoms with Crippen molar-refractivity contribution in [1.29, 1.82) is 0 Å². The summed E-state index contributed by atoms with van der Waals surface area (Å²) in [6.45, 7) is 4.46. The highest BCUT2D eigenvalue weighted by molar-refractivity contribution is 5.55. The molecule has 0 saturated carbocycles. The maximum Gasteiger partial charge on any atom is 0.160 e. The van der Waals surface area contributed by atoms with E-state index in [-0.39, 0.29) is 0 Å². The van der Waals surface area contributed by atoms with E-state index in [0.717, 1.165) is 18.7 Å². The van der Waals surface area contributed by atoms with Crippen LogP contribution in [0.15, 0.2) is 42.9 Å². The van der Waals surface area contributed by atoms with Crippen molar-refractivity contribution in [3.63, 3.8) is 0 Å². The van der Waals surface area contributed by atoms with Crippen molar-refractivity contribution in [2.75, 3.05) is 31.6 Å². The number of hydrogen-bond donors (Lipinski definition) is 0. The minimum absolute atomic E-state index is 0.390. The summed E-state index contributed by atoms with van der Waals surface area (Å²) in [5.41, 5.74) is 6.57. The van der Waals surface area contributed by atoms with Crippen LogP contribution in [-0.4, -0.2) is 46.2 Å². The topological polar surface area (TPSA) is 36.7 Å². The Morgan fingerprint density at radius 3 is 2.81 bits per heavy atom. The van der Waals surface area contributed by atoms with Gasteiger partial charge in [-0.1, -0.05) is 6.07 Å². The summed E-state index contributed by atoms with van der Waals surface area (Å²) in [4.78, 5) is 4.98. The largest absolute Gasteiger partial charge is 0.372 e. The third-order valence-corrected chi connectivity index (χ3v) is 5.88. The van der Waals surface area contributed by atoms with E-state index in [2.05, 4.69) is 63.6 Å². The maximum absolute atomic E-state index is 4.22. The third-order valence-electron chi connectivity index (χ3n) is 5.88. The zero-order valence-corrected chi connectivity index (χ0v) is 15.3. The molecule has 2 aliphatic heterocycles. The second-order valence-electron chi connectivity index (χ2n) is 7.74. The third kappa shape index (κ3) is 2.76. The van der Waals surface area contributed by atoms with Crippen LogP contribution in [0, 0.1) is 0 Å². The van der Waals surface area contributed by atoms with Crippen LogP contribution in [-0.2, 0) is 6.54 Å². The minimum Gasteiger partial charge on any atom is -0.372 e. The molecule has 1 fully saturated rings. The Balaban J connectivity index is 1.52. The summed E-state index contributed by atoms with van der Waals surface area (Å²) >= 11 is 0. The summed E-state index contributed by atoms with van der Waals surface area (Å²) < 4.78 is 1.97. The van der Waals surface area contributed by atoms with Crippen molar-refractivity contribution in [1.82, 2.24) is 19.5 Å². The van der Waals surface area contributed by atoms with Gasteiger partial charge in [0.15, 0.2) is 5.65 Å². The molecule has 2 aliphatic rings. The molecule has 5 nitrogen and oxygen atoms in total. The number of rotatable bonds is 2. The van der Waals surface area contributed by atoms with Crippen LogP contribution in [0.4, 0.5) is 5.69 Å². The fraction of sp³-hybridized carbons (Fsp3) is 0.429. The number of aromatic nitrogens is 3. The fourth-order valence-electron chi connectivity index (χ4n) is 4.52. The molecule has 0 spiro atoms. The lowest BCUT2D eigenvalue weighted by atomic mass is 9.85. The monoisotopic (exact) mass is 347 g/mol. The number of anilines is 1. The minimum atomic E-state index is 0.390. The molecule has 0 radical (unpaired) electrons.